The van der Waals surface area contributed by atoms with E-state index in [1.165, 1.54) is 44.9 Å². The number of amides is 1. The van der Waals surface area contributed by atoms with Crippen molar-refractivity contribution in [3.05, 3.63) is 12.2 Å². The summed E-state index contributed by atoms with van der Waals surface area (Å²) in [6.07, 6.45) is 14.5. The van der Waals surface area contributed by atoms with E-state index < -0.39 is 9.96 Å². The Bertz CT molecular complexity index is 620. The maximum absolute atomic E-state index is 12.4. The molecule has 30 heavy (non-hydrogen) atoms. The summed E-state index contributed by atoms with van der Waals surface area (Å²) in [5.41, 5.74) is 0. The molecular weight excluding hydrogens is 463 g/mol. The van der Waals surface area contributed by atoms with Crippen LogP contribution in [0.1, 0.15) is 64.2 Å². The molecule has 4 atom stereocenters. The predicted molar refractivity (Wildman–Crippen MR) is 129 cm³/mol. The summed E-state index contributed by atoms with van der Waals surface area (Å²) >= 11 is 23.9. The van der Waals surface area contributed by atoms with Crippen LogP contribution in [0.4, 0.5) is 0 Å². The Labute approximate surface area is 200 Å². The zero-order valence-corrected chi connectivity index (χ0v) is 20.4. The average Bonchev–Trinajstić information content (AvgIpc) is 2.72. The molecule has 0 spiro atoms. The van der Waals surface area contributed by atoms with Crippen molar-refractivity contribution in [2.24, 2.45) is 11.8 Å². The van der Waals surface area contributed by atoms with Crippen LogP contribution in [-0.4, -0.2) is 39.6 Å². The number of carbonyl (C=O) groups excluding carboxylic acids is 1. The highest BCUT2D eigenvalue weighted by atomic mass is 35.6. The van der Waals surface area contributed by atoms with Crippen molar-refractivity contribution in [3.8, 4) is 0 Å². The summed E-state index contributed by atoms with van der Waals surface area (Å²) in [5.74, 6) is 0.842. The topological polar surface area (TPSA) is 65.2 Å². The highest BCUT2D eigenvalue weighted by molar-refractivity contribution is 7.80. The second kappa shape index (κ2) is 11.6. The van der Waals surface area contributed by atoms with Crippen LogP contribution in [0.3, 0.4) is 0 Å². The molecule has 3 fully saturated rings. The van der Waals surface area contributed by atoms with Crippen molar-refractivity contribution >= 4 is 58.0 Å². The Morgan fingerprint density at radius 3 is 2.47 bits per heavy atom. The van der Waals surface area contributed by atoms with E-state index in [0.717, 1.165) is 25.8 Å². The van der Waals surface area contributed by atoms with Gasteiger partial charge in [0.1, 0.15) is 6.17 Å². The molecule has 1 heterocycles. The predicted octanol–water partition coefficient (Wildman–Crippen LogP) is 4.32. The number of carbonyl (C=O) groups is 1. The molecule has 3 rings (SSSR count). The molecule has 1 aliphatic heterocycles. The minimum absolute atomic E-state index is 0.238. The minimum atomic E-state index is -1.74. The lowest BCUT2D eigenvalue weighted by Crippen LogP contribution is -2.62. The second-order valence-corrected chi connectivity index (χ2v) is 11.6. The molecule has 5 nitrogen and oxygen atoms in total. The summed E-state index contributed by atoms with van der Waals surface area (Å²) in [4.78, 5) is 12.4. The van der Waals surface area contributed by atoms with Crippen molar-refractivity contribution in [1.29, 1.82) is 0 Å². The maximum Gasteiger partial charge on any atom is 0.245 e. The summed E-state index contributed by atoms with van der Waals surface area (Å²) in [5, 5.41) is 13.2. The van der Waals surface area contributed by atoms with Gasteiger partial charge < -0.3 is 21.3 Å². The van der Waals surface area contributed by atoms with Gasteiger partial charge in [0.05, 0.1) is 0 Å². The molecule has 9 heteroatoms. The number of hydrogen-bond donors (Lipinski definition) is 4. The van der Waals surface area contributed by atoms with Crippen molar-refractivity contribution in [2.45, 2.75) is 86.3 Å². The Balaban J connectivity index is 1.52. The average molecular weight is 496 g/mol. The van der Waals surface area contributed by atoms with Crippen LogP contribution < -0.4 is 21.3 Å². The SMILES string of the molecule is O=C(/C=C/C1CCCCC1)NC(NC(=S)NC1CCCC2CCCNC21)C(Cl)(Cl)Cl. The Kier molecular flexibility index (Phi) is 9.39. The molecule has 0 aromatic carbocycles. The van der Waals surface area contributed by atoms with Gasteiger partial charge in [-0.05, 0) is 75.2 Å². The van der Waals surface area contributed by atoms with Gasteiger partial charge in [-0.15, -0.1) is 0 Å². The normalized spacial score (nSPS) is 29.1. The highest BCUT2D eigenvalue weighted by Gasteiger charge is 2.37. The van der Waals surface area contributed by atoms with Gasteiger partial charge in [0.25, 0.3) is 0 Å². The first-order valence-corrected chi connectivity index (χ1v) is 12.7. The van der Waals surface area contributed by atoms with Gasteiger partial charge in [-0.3, -0.25) is 4.79 Å². The summed E-state index contributed by atoms with van der Waals surface area (Å²) in [7, 11) is 0. The Morgan fingerprint density at radius 2 is 1.73 bits per heavy atom. The Hall–Kier alpha value is -0.270. The van der Waals surface area contributed by atoms with Crippen molar-refractivity contribution in [3.63, 3.8) is 0 Å². The molecule has 1 saturated heterocycles. The van der Waals surface area contributed by atoms with E-state index in [2.05, 4.69) is 21.3 Å². The molecular formula is C21H33Cl3N4OS. The van der Waals surface area contributed by atoms with Gasteiger partial charge in [0.15, 0.2) is 5.11 Å². The minimum Gasteiger partial charge on any atom is -0.358 e. The number of rotatable bonds is 5. The van der Waals surface area contributed by atoms with Crippen LogP contribution in [0.15, 0.2) is 12.2 Å². The molecule has 0 aromatic heterocycles. The number of hydrogen-bond acceptors (Lipinski definition) is 3. The zero-order valence-electron chi connectivity index (χ0n) is 17.3. The third-order valence-corrected chi connectivity index (χ3v) is 7.43. The summed E-state index contributed by atoms with van der Waals surface area (Å²) in [6, 6.07) is 0.647. The highest BCUT2D eigenvalue weighted by Crippen LogP contribution is 2.32. The van der Waals surface area contributed by atoms with Gasteiger partial charge in [-0.2, -0.15) is 0 Å². The maximum atomic E-state index is 12.4. The van der Waals surface area contributed by atoms with Crippen LogP contribution in [0.25, 0.3) is 0 Å². The lowest BCUT2D eigenvalue weighted by molar-refractivity contribution is -0.117. The zero-order chi connectivity index (χ0) is 21.6. The third-order valence-electron chi connectivity index (χ3n) is 6.54. The van der Waals surface area contributed by atoms with E-state index >= 15 is 0 Å². The lowest BCUT2D eigenvalue weighted by atomic mass is 9.76. The largest absolute Gasteiger partial charge is 0.358 e. The molecule has 0 bridgehead atoms. The van der Waals surface area contributed by atoms with Gasteiger partial charge >= 0.3 is 0 Å². The van der Waals surface area contributed by atoms with Gasteiger partial charge in [-0.25, -0.2) is 0 Å². The molecule has 3 aliphatic rings. The van der Waals surface area contributed by atoms with Crippen molar-refractivity contribution < 1.29 is 4.79 Å². The van der Waals surface area contributed by atoms with Gasteiger partial charge in [-0.1, -0.05) is 66.6 Å². The van der Waals surface area contributed by atoms with Crippen LogP contribution in [0.2, 0.25) is 0 Å². The number of piperidine rings is 1. The molecule has 0 radical (unpaired) electrons. The summed E-state index contributed by atoms with van der Waals surface area (Å²) < 4.78 is -1.74. The number of alkyl halides is 3. The fraction of sp³-hybridized carbons (Fsp3) is 0.810. The van der Waals surface area contributed by atoms with E-state index in [9.17, 15) is 4.79 Å². The molecule has 170 valence electrons. The van der Waals surface area contributed by atoms with E-state index in [-0.39, 0.29) is 11.9 Å². The lowest BCUT2D eigenvalue weighted by Gasteiger charge is -2.43. The molecule has 2 saturated carbocycles. The quantitative estimate of drug-likeness (QED) is 0.198. The number of nitrogens with one attached hydrogen (secondary N) is 4. The standard InChI is InChI=1S/C21H33Cl3N4OS/c22-21(23,24)19(27-17(29)12-11-14-6-2-1-3-7-14)28-20(30)26-16-10-4-8-15-9-5-13-25-18(15)16/h11-12,14-16,18-19,25H,1-10,13H2,(H,27,29)(H2,26,28,30)/b12-11+. The number of thiocarbonyl (C=S) groups is 1. The van der Waals surface area contributed by atoms with Crippen LogP contribution in [-0.2, 0) is 4.79 Å². The molecule has 0 aromatic rings. The molecule has 4 unspecified atom stereocenters. The van der Waals surface area contributed by atoms with Crippen LogP contribution in [0, 0.1) is 11.8 Å². The molecule has 4 N–H and O–H groups in total. The van der Waals surface area contributed by atoms with Crippen LogP contribution >= 0.6 is 47.0 Å². The number of halogens is 3. The first-order valence-electron chi connectivity index (χ1n) is 11.2. The first kappa shape index (κ1) is 24.4. The van der Waals surface area contributed by atoms with Gasteiger partial charge in [0.2, 0.25) is 9.70 Å². The van der Waals surface area contributed by atoms with E-state index in [1.807, 2.05) is 6.08 Å². The number of fused-ring (bicyclic) bond motifs is 1. The molecule has 1 amide bonds. The monoisotopic (exact) mass is 494 g/mol. The van der Waals surface area contributed by atoms with E-state index in [1.54, 1.807) is 6.08 Å². The van der Waals surface area contributed by atoms with E-state index in [0.29, 0.717) is 23.0 Å². The summed E-state index contributed by atoms with van der Waals surface area (Å²) in [6.45, 7) is 1.04. The van der Waals surface area contributed by atoms with Crippen LogP contribution in [0.5, 0.6) is 0 Å². The molecule has 2 aliphatic carbocycles. The van der Waals surface area contributed by atoms with Crippen molar-refractivity contribution in [2.75, 3.05) is 6.54 Å². The first-order chi connectivity index (χ1) is 14.3. The number of allylic oxidation sites excluding steroid dienone is 1. The fourth-order valence-electron chi connectivity index (χ4n) is 5.00. The fourth-order valence-corrected chi connectivity index (χ4v) is 5.59. The third kappa shape index (κ3) is 7.40. The van der Waals surface area contributed by atoms with Crippen molar-refractivity contribution in [1.82, 2.24) is 21.3 Å². The van der Waals surface area contributed by atoms with Gasteiger partial charge in [0, 0.05) is 12.1 Å². The Morgan fingerprint density at radius 1 is 1.00 bits per heavy atom. The smallest absolute Gasteiger partial charge is 0.245 e. The second-order valence-electron chi connectivity index (χ2n) is 8.78. The van der Waals surface area contributed by atoms with E-state index in [4.69, 9.17) is 47.0 Å².